The Balaban J connectivity index is 0.878. The molecule has 0 spiro atoms. The molecule has 2 heterocycles. The molecule has 14 nitrogen and oxygen atoms in total. The average Bonchev–Trinajstić information content (AvgIpc) is 3.91. The Kier molecular flexibility index (Phi) is 16.4. The van der Waals surface area contributed by atoms with Gasteiger partial charge >= 0.3 is 0 Å². The monoisotopic (exact) mass is 954 g/mol. The van der Waals surface area contributed by atoms with Crippen molar-refractivity contribution in [3.05, 3.63) is 99.6 Å². The van der Waals surface area contributed by atoms with Gasteiger partial charge in [0.05, 0.1) is 39.4 Å². The molecule has 3 atom stereocenters. The number of β-amino-alcohol motifs (C(OH)–C–C–N with tert-alkyl or cyclic N) is 1. The summed E-state index contributed by atoms with van der Waals surface area (Å²) in [4.78, 5) is 60.6. The number of amides is 4. The number of aryl methyl sites for hydroxylation is 1. The molecule has 0 radical (unpaired) electrons. The lowest BCUT2D eigenvalue weighted by atomic mass is 9.49. The van der Waals surface area contributed by atoms with Crippen molar-refractivity contribution in [2.24, 2.45) is 16.2 Å². The highest BCUT2D eigenvalue weighted by Gasteiger charge is 2.64. The number of hydrogen-bond donors (Lipinski definition) is 4. The van der Waals surface area contributed by atoms with Crippen molar-refractivity contribution in [2.75, 3.05) is 26.4 Å². The Hall–Kier alpha value is -5.53. The zero-order valence-corrected chi connectivity index (χ0v) is 41.2. The molecule has 6 rings (SSSR count). The van der Waals surface area contributed by atoms with Gasteiger partial charge in [-0.1, -0.05) is 84.3 Å². The first-order chi connectivity index (χ1) is 31.7. The van der Waals surface area contributed by atoms with Crippen LogP contribution in [0, 0.1) is 34.5 Å². The van der Waals surface area contributed by atoms with Gasteiger partial charge < -0.3 is 40.2 Å². The van der Waals surface area contributed by atoms with Crippen molar-refractivity contribution >= 4 is 46.6 Å². The zero-order valence-electron chi connectivity index (χ0n) is 39.6. The molecule has 1 aliphatic heterocycles. The van der Waals surface area contributed by atoms with E-state index in [0.29, 0.717) is 47.3 Å². The van der Waals surface area contributed by atoms with E-state index in [2.05, 4.69) is 54.7 Å². The molecular formula is C51H63ClN6O8S. The number of nitrogens with one attached hydrogen (secondary N) is 3. The minimum absolute atomic E-state index is 0.0130. The minimum Gasteiger partial charge on any atom is -0.494 e. The average molecular weight is 956 g/mol. The van der Waals surface area contributed by atoms with Gasteiger partial charge in [-0.3, -0.25) is 19.2 Å². The summed E-state index contributed by atoms with van der Waals surface area (Å²) in [6, 6.07) is 20.0. The highest BCUT2D eigenvalue weighted by Crippen LogP contribution is 2.55. The maximum atomic E-state index is 14.0. The van der Waals surface area contributed by atoms with E-state index in [0.717, 1.165) is 34.5 Å². The molecule has 16 heteroatoms. The third-order valence-corrected chi connectivity index (χ3v) is 14.0. The van der Waals surface area contributed by atoms with Crippen molar-refractivity contribution in [3.63, 3.8) is 0 Å². The molecule has 1 aliphatic carbocycles. The van der Waals surface area contributed by atoms with E-state index in [9.17, 15) is 29.5 Å². The van der Waals surface area contributed by atoms with Gasteiger partial charge in [0.1, 0.15) is 42.4 Å². The number of aliphatic hydroxyl groups excluding tert-OH is 1. The predicted octanol–water partition coefficient (Wildman–Crippen LogP) is 7.63. The smallest absolute Gasteiger partial charge is 0.251 e. The zero-order chi connectivity index (χ0) is 48.7. The molecule has 3 aromatic carbocycles. The molecule has 358 valence electrons. The van der Waals surface area contributed by atoms with E-state index in [4.69, 9.17) is 25.8 Å². The Labute approximate surface area is 402 Å². The molecule has 0 bridgehead atoms. The normalized spacial score (nSPS) is 19.9. The molecule has 0 unspecified atom stereocenters. The quantitative estimate of drug-likeness (QED) is 0.0680. The van der Waals surface area contributed by atoms with Crippen molar-refractivity contribution in [2.45, 2.75) is 118 Å². The number of unbranched alkanes of at least 4 members (excludes halogenated alkanes) is 2. The lowest BCUT2D eigenvalue weighted by molar-refractivity contribution is -0.164. The van der Waals surface area contributed by atoms with Gasteiger partial charge in [0.2, 0.25) is 17.7 Å². The number of nitriles is 1. The molecule has 1 saturated heterocycles. The number of likely N-dealkylation sites (tertiary alicyclic amines) is 1. The number of halogens is 1. The number of rotatable bonds is 19. The van der Waals surface area contributed by atoms with E-state index in [1.165, 1.54) is 4.90 Å². The Morgan fingerprint density at radius 3 is 2.27 bits per heavy atom. The van der Waals surface area contributed by atoms with Gasteiger partial charge in [-0.05, 0) is 79.1 Å². The van der Waals surface area contributed by atoms with Crippen molar-refractivity contribution in [1.82, 2.24) is 25.8 Å². The summed E-state index contributed by atoms with van der Waals surface area (Å²) in [6.07, 6.45) is 1.25. The summed E-state index contributed by atoms with van der Waals surface area (Å²) >= 11 is 7.80. The van der Waals surface area contributed by atoms with Crippen LogP contribution < -0.4 is 25.4 Å². The minimum atomic E-state index is -0.953. The first kappa shape index (κ1) is 50.9. The molecule has 4 amide bonds. The Morgan fingerprint density at radius 2 is 1.64 bits per heavy atom. The predicted molar refractivity (Wildman–Crippen MR) is 258 cm³/mol. The first-order valence-electron chi connectivity index (χ1n) is 22.7. The lowest BCUT2D eigenvalue weighted by Crippen LogP contribution is -2.74. The number of thiazole rings is 1. The van der Waals surface area contributed by atoms with Crippen LogP contribution in [0.4, 0.5) is 0 Å². The number of carbonyl (C=O) groups excluding carboxylic acids is 4. The van der Waals surface area contributed by atoms with Crippen LogP contribution in [0.5, 0.6) is 11.5 Å². The van der Waals surface area contributed by atoms with Crippen LogP contribution in [0.3, 0.4) is 0 Å². The molecule has 2 aliphatic rings. The number of ether oxygens (including phenoxy) is 3. The molecule has 1 aromatic heterocycles. The molecule has 2 fully saturated rings. The fourth-order valence-corrected chi connectivity index (χ4v) is 10.4. The van der Waals surface area contributed by atoms with E-state index < -0.39 is 35.4 Å². The number of nitrogens with zero attached hydrogens (tertiary/aromatic N) is 3. The first-order valence-corrected chi connectivity index (χ1v) is 24.0. The number of carbonyl (C=O) groups is 4. The summed E-state index contributed by atoms with van der Waals surface area (Å²) in [5.74, 6) is -0.228. The van der Waals surface area contributed by atoms with Crippen LogP contribution in [0.15, 0.2) is 72.2 Å². The molecule has 67 heavy (non-hydrogen) atoms. The van der Waals surface area contributed by atoms with Crippen LogP contribution >= 0.6 is 22.9 Å². The van der Waals surface area contributed by atoms with Crippen LogP contribution in [-0.2, 0) is 25.7 Å². The third-order valence-electron chi connectivity index (χ3n) is 12.7. The summed E-state index contributed by atoms with van der Waals surface area (Å²) in [6.45, 7) is 16.5. The van der Waals surface area contributed by atoms with Gasteiger partial charge in [-0.25, -0.2) is 4.98 Å². The van der Waals surface area contributed by atoms with Gasteiger partial charge in [0, 0.05) is 54.6 Å². The number of benzene rings is 3. The summed E-state index contributed by atoms with van der Waals surface area (Å²) < 4.78 is 17.9. The number of hydrogen-bond acceptors (Lipinski definition) is 11. The maximum Gasteiger partial charge on any atom is 0.251 e. The van der Waals surface area contributed by atoms with Crippen molar-refractivity contribution in [3.8, 4) is 28.0 Å². The fraction of sp³-hybridized carbons (Fsp3) is 0.490. The van der Waals surface area contributed by atoms with Crippen molar-refractivity contribution < 1.29 is 38.5 Å². The highest BCUT2D eigenvalue weighted by atomic mass is 35.5. The standard InChI is InChI=1S/C51H63ClN6O8S/c1-31-42(67-30-55-31)33-14-12-32(13-15-33)27-54-45(62)40-24-36(59)28-58(40)46(63)43(49(2,3)4)56-41(60)29-64-22-10-9-11-23-65-37-19-16-34(17-20-37)44(61)57-47-50(5,6)48(51(47,7)8)66-38-21-18-35(26-53)39(52)25-38/h12-21,25,30,36,40,43,47-48,59H,9-11,22-24,27-29H2,1-8H3,(H,54,62)(H,56,60)(H,57,61)/t36-,40+,43-,47?,48?/m1/s1. The number of aromatic nitrogens is 1. The lowest BCUT2D eigenvalue weighted by Gasteiger charge is -2.63. The fourth-order valence-electron chi connectivity index (χ4n) is 9.33. The maximum absolute atomic E-state index is 14.0. The largest absolute Gasteiger partial charge is 0.494 e. The second-order valence-electron chi connectivity index (χ2n) is 19.7. The number of aliphatic hydroxyl groups is 1. The summed E-state index contributed by atoms with van der Waals surface area (Å²) in [5, 5.41) is 29.1. The Bertz CT molecular complexity index is 2410. The molecule has 4 aromatic rings. The highest BCUT2D eigenvalue weighted by molar-refractivity contribution is 7.13. The SMILES string of the molecule is Cc1ncsc1-c1ccc(CNC(=O)[C@@H]2C[C@@H](O)CN2C(=O)[C@@H](NC(=O)COCCCCCOc2ccc(C(=O)NC3C(C)(C)C(Oc4ccc(C#N)c(Cl)c4)C3(C)C)cc2)C(C)(C)C)cc1. The molecular weight excluding hydrogens is 892 g/mol. The van der Waals surface area contributed by atoms with Crippen LogP contribution in [0.1, 0.15) is 101 Å². The topological polar surface area (TPSA) is 192 Å². The Morgan fingerprint density at radius 1 is 0.970 bits per heavy atom. The van der Waals surface area contributed by atoms with Gasteiger partial charge in [0.25, 0.3) is 5.91 Å². The summed E-state index contributed by atoms with van der Waals surface area (Å²) in [7, 11) is 0. The van der Waals surface area contributed by atoms with E-state index in [1.807, 2.05) is 57.5 Å². The van der Waals surface area contributed by atoms with Gasteiger partial charge in [-0.15, -0.1) is 11.3 Å². The third kappa shape index (κ3) is 12.3. The van der Waals surface area contributed by atoms with Gasteiger partial charge in [0.15, 0.2) is 0 Å². The van der Waals surface area contributed by atoms with Crippen LogP contribution in [-0.4, -0.2) is 95.3 Å². The molecule has 4 N–H and O–H groups in total. The van der Waals surface area contributed by atoms with Gasteiger partial charge in [-0.2, -0.15) is 5.26 Å². The van der Waals surface area contributed by atoms with E-state index in [1.54, 1.807) is 53.8 Å². The summed E-state index contributed by atoms with van der Waals surface area (Å²) in [5.41, 5.74) is 4.14. The second kappa shape index (κ2) is 21.6. The van der Waals surface area contributed by atoms with Crippen LogP contribution in [0.25, 0.3) is 10.4 Å². The van der Waals surface area contributed by atoms with E-state index in [-0.39, 0.29) is 60.9 Å². The second-order valence-corrected chi connectivity index (χ2v) is 21.0. The van der Waals surface area contributed by atoms with Crippen LogP contribution in [0.2, 0.25) is 5.02 Å². The van der Waals surface area contributed by atoms with Crippen molar-refractivity contribution in [1.29, 1.82) is 5.26 Å². The van der Waals surface area contributed by atoms with E-state index >= 15 is 0 Å². The molecule has 1 saturated carbocycles.